The molecule has 0 bridgehead atoms. The molecule has 3 aromatic rings. The van der Waals surface area contributed by atoms with E-state index in [1.165, 1.54) is 11.8 Å². The highest BCUT2D eigenvalue weighted by molar-refractivity contribution is 7.99. The van der Waals surface area contributed by atoms with Crippen molar-refractivity contribution in [2.75, 3.05) is 18.8 Å². The van der Waals surface area contributed by atoms with Crippen molar-refractivity contribution in [2.24, 2.45) is 0 Å². The lowest BCUT2D eigenvalue weighted by Gasteiger charge is -2.09. The predicted molar refractivity (Wildman–Crippen MR) is 113 cm³/mol. The van der Waals surface area contributed by atoms with Crippen LogP contribution in [-0.2, 0) is 9.59 Å². The molecule has 2 aromatic heterocycles. The second-order valence-corrected chi connectivity index (χ2v) is 8.01. The fraction of sp³-hybridized carbons (Fsp3) is 0.400. The van der Waals surface area contributed by atoms with E-state index in [2.05, 4.69) is 36.4 Å². The average Bonchev–Trinajstić information content (AvgIpc) is 3.35. The van der Waals surface area contributed by atoms with Crippen LogP contribution in [0.25, 0.3) is 22.3 Å². The van der Waals surface area contributed by atoms with Crippen molar-refractivity contribution in [2.45, 2.75) is 37.4 Å². The number of rotatable bonds is 9. The molecule has 0 radical (unpaired) electrons. The molecule has 0 unspecified atom stereocenters. The molecule has 0 atom stereocenters. The third-order valence-electron chi connectivity index (χ3n) is 4.76. The van der Waals surface area contributed by atoms with E-state index in [9.17, 15) is 9.59 Å². The Morgan fingerprint density at radius 2 is 2.03 bits per heavy atom. The summed E-state index contributed by atoms with van der Waals surface area (Å²) in [6.45, 7) is 2.59. The maximum Gasteiger partial charge on any atom is 0.239 e. The van der Waals surface area contributed by atoms with Gasteiger partial charge in [-0.2, -0.15) is 0 Å². The highest BCUT2D eigenvalue weighted by Crippen LogP contribution is 2.42. The van der Waals surface area contributed by atoms with E-state index in [1.54, 1.807) is 0 Å². The molecule has 1 saturated carbocycles. The van der Waals surface area contributed by atoms with Crippen LogP contribution in [0.2, 0.25) is 0 Å². The topological polar surface area (TPSA) is 105 Å². The molecule has 9 heteroatoms. The van der Waals surface area contributed by atoms with Crippen molar-refractivity contribution < 1.29 is 9.59 Å². The summed E-state index contributed by atoms with van der Waals surface area (Å²) in [7, 11) is 0. The molecule has 29 heavy (non-hydrogen) atoms. The summed E-state index contributed by atoms with van der Waals surface area (Å²) < 4.78 is 2.14. The maximum atomic E-state index is 12.1. The van der Waals surface area contributed by atoms with Gasteiger partial charge in [-0.15, -0.1) is 10.2 Å². The molecule has 0 aliphatic heterocycles. The molecule has 0 saturated heterocycles. The number of nitrogens with one attached hydrogen (secondary N) is 3. The second-order valence-electron chi connectivity index (χ2n) is 7.07. The van der Waals surface area contributed by atoms with E-state index >= 15 is 0 Å². The fourth-order valence-electron chi connectivity index (χ4n) is 3.16. The van der Waals surface area contributed by atoms with Crippen molar-refractivity contribution in [3.8, 4) is 11.4 Å². The number of hydrogen-bond donors (Lipinski definition) is 3. The van der Waals surface area contributed by atoms with Crippen LogP contribution in [0.3, 0.4) is 0 Å². The van der Waals surface area contributed by atoms with Crippen LogP contribution in [0.5, 0.6) is 0 Å². The number of benzene rings is 1. The Morgan fingerprint density at radius 3 is 2.83 bits per heavy atom. The van der Waals surface area contributed by atoms with Crippen LogP contribution < -0.4 is 10.6 Å². The van der Waals surface area contributed by atoms with Gasteiger partial charge in [0.25, 0.3) is 0 Å². The summed E-state index contributed by atoms with van der Waals surface area (Å²) in [6, 6.07) is 8.48. The van der Waals surface area contributed by atoms with Crippen molar-refractivity contribution >= 4 is 34.5 Å². The van der Waals surface area contributed by atoms with Crippen molar-refractivity contribution in [1.29, 1.82) is 0 Å². The number of fused-ring (bicyclic) bond motifs is 1. The molecule has 2 amide bonds. The Morgan fingerprint density at radius 1 is 1.21 bits per heavy atom. The van der Waals surface area contributed by atoms with Crippen LogP contribution in [0, 0.1) is 0 Å². The minimum absolute atomic E-state index is 0.00466. The molecule has 1 aliphatic rings. The molecule has 3 N–H and O–H groups in total. The predicted octanol–water partition coefficient (Wildman–Crippen LogP) is 2.50. The first kappa shape index (κ1) is 19.5. The fourth-order valence-corrected chi connectivity index (χ4v) is 4.00. The van der Waals surface area contributed by atoms with Crippen LogP contribution in [0.4, 0.5) is 0 Å². The van der Waals surface area contributed by atoms with Gasteiger partial charge in [0, 0.05) is 35.2 Å². The molecular weight excluding hydrogens is 388 g/mol. The summed E-state index contributed by atoms with van der Waals surface area (Å²) in [6.07, 6.45) is 5.00. The van der Waals surface area contributed by atoms with E-state index in [4.69, 9.17) is 0 Å². The van der Waals surface area contributed by atoms with Gasteiger partial charge < -0.3 is 15.6 Å². The molecule has 1 aliphatic carbocycles. The molecular formula is C20H24N6O2S. The summed E-state index contributed by atoms with van der Waals surface area (Å²) in [5.41, 5.74) is 2.08. The molecule has 4 rings (SSSR count). The van der Waals surface area contributed by atoms with Crippen LogP contribution in [0.15, 0.2) is 35.6 Å². The quantitative estimate of drug-likeness (QED) is 0.469. The third-order valence-corrected chi connectivity index (χ3v) is 5.70. The number of nitrogens with zero attached hydrogens (tertiary/aromatic N) is 3. The Labute approximate surface area is 172 Å². The van der Waals surface area contributed by atoms with Crippen LogP contribution in [-0.4, -0.2) is 50.4 Å². The van der Waals surface area contributed by atoms with Gasteiger partial charge in [-0.3, -0.25) is 14.2 Å². The van der Waals surface area contributed by atoms with Crippen molar-refractivity contribution in [3.05, 3.63) is 30.5 Å². The van der Waals surface area contributed by atoms with E-state index < -0.39 is 0 Å². The molecule has 152 valence electrons. The molecule has 8 nitrogen and oxygen atoms in total. The highest BCUT2D eigenvalue weighted by atomic mass is 32.2. The zero-order chi connectivity index (χ0) is 20.2. The summed E-state index contributed by atoms with van der Waals surface area (Å²) in [5.74, 6) is 0.653. The molecule has 0 spiro atoms. The maximum absolute atomic E-state index is 12.1. The number of hydrogen-bond acceptors (Lipinski definition) is 5. The van der Waals surface area contributed by atoms with Gasteiger partial charge in [0.15, 0.2) is 11.0 Å². The van der Waals surface area contributed by atoms with Crippen LogP contribution in [0.1, 0.15) is 32.2 Å². The number of aromatic nitrogens is 4. The Hall–Kier alpha value is -2.81. The third kappa shape index (κ3) is 4.45. The van der Waals surface area contributed by atoms with Crippen LogP contribution >= 0.6 is 11.8 Å². The number of thioether (sulfide) groups is 1. The van der Waals surface area contributed by atoms with Gasteiger partial charge in [0.1, 0.15) is 0 Å². The first-order valence-electron chi connectivity index (χ1n) is 9.85. The van der Waals surface area contributed by atoms with E-state index in [0.29, 0.717) is 12.6 Å². The standard InChI is InChI=1S/C20H24N6O2S/c1-2-9-21-17(27)11-23-18(28)12-29-20-25-24-19(26(20)13-7-8-13)15-10-22-16-6-4-3-5-14(15)16/h3-6,10,13,22H,2,7-9,11-12H2,1H3,(H,21,27)(H,23,28). The van der Waals surface area contributed by atoms with Gasteiger partial charge >= 0.3 is 0 Å². The van der Waals surface area contributed by atoms with Gasteiger partial charge in [-0.1, -0.05) is 36.9 Å². The number of carbonyl (C=O) groups is 2. The van der Waals surface area contributed by atoms with E-state index in [0.717, 1.165) is 46.7 Å². The lowest BCUT2D eigenvalue weighted by molar-refractivity contribution is -0.124. The first-order chi connectivity index (χ1) is 14.2. The van der Waals surface area contributed by atoms with E-state index in [1.807, 2.05) is 31.3 Å². The Balaban J connectivity index is 1.44. The number of H-pyrrole nitrogens is 1. The Kier molecular flexibility index (Phi) is 5.84. The highest BCUT2D eigenvalue weighted by Gasteiger charge is 2.31. The number of aromatic amines is 1. The van der Waals surface area contributed by atoms with Gasteiger partial charge in [-0.05, 0) is 25.3 Å². The zero-order valence-electron chi connectivity index (χ0n) is 16.3. The molecule has 2 heterocycles. The Bertz CT molecular complexity index is 1020. The zero-order valence-corrected chi connectivity index (χ0v) is 17.1. The van der Waals surface area contributed by atoms with E-state index in [-0.39, 0.29) is 24.1 Å². The molecule has 1 fully saturated rings. The minimum Gasteiger partial charge on any atom is -0.360 e. The minimum atomic E-state index is -0.194. The summed E-state index contributed by atoms with van der Waals surface area (Å²) in [4.78, 5) is 27.0. The molecule has 1 aromatic carbocycles. The number of amides is 2. The lowest BCUT2D eigenvalue weighted by Crippen LogP contribution is -2.37. The summed E-state index contributed by atoms with van der Waals surface area (Å²) in [5, 5.41) is 16.0. The SMILES string of the molecule is CCCNC(=O)CNC(=O)CSc1nnc(-c2c[nH]c3ccccc23)n1C1CC1. The lowest BCUT2D eigenvalue weighted by atomic mass is 10.1. The number of para-hydroxylation sites is 1. The van der Waals surface area contributed by atoms with Gasteiger partial charge in [-0.25, -0.2) is 0 Å². The van der Waals surface area contributed by atoms with Crippen molar-refractivity contribution in [1.82, 2.24) is 30.4 Å². The van der Waals surface area contributed by atoms with Gasteiger partial charge in [0.05, 0.1) is 12.3 Å². The average molecular weight is 413 g/mol. The largest absolute Gasteiger partial charge is 0.360 e. The first-order valence-corrected chi connectivity index (χ1v) is 10.8. The summed E-state index contributed by atoms with van der Waals surface area (Å²) >= 11 is 1.35. The normalized spacial score (nSPS) is 13.6. The van der Waals surface area contributed by atoms with Crippen molar-refractivity contribution in [3.63, 3.8) is 0 Å². The smallest absolute Gasteiger partial charge is 0.239 e. The van der Waals surface area contributed by atoms with Gasteiger partial charge in [0.2, 0.25) is 11.8 Å². The number of carbonyl (C=O) groups excluding carboxylic acids is 2. The monoisotopic (exact) mass is 412 g/mol. The second kappa shape index (κ2) is 8.69.